The first-order chi connectivity index (χ1) is 9.85. The van der Waals surface area contributed by atoms with Crippen LogP contribution < -0.4 is 0 Å². The molecule has 122 valence electrons. The second-order valence-electron chi connectivity index (χ2n) is 4.39. The zero-order valence-corrected chi connectivity index (χ0v) is 13.4. The second-order valence-corrected chi connectivity index (χ2v) is 5.00. The molecule has 0 saturated heterocycles. The Morgan fingerprint density at radius 1 is 1.00 bits per heavy atom. The quantitative estimate of drug-likeness (QED) is 0.154. The fourth-order valence-corrected chi connectivity index (χ4v) is 1.89. The fourth-order valence-electron chi connectivity index (χ4n) is 1.62. The van der Waals surface area contributed by atoms with Crippen molar-refractivity contribution in [3.8, 4) is 0 Å². The van der Waals surface area contributed by atoms with Gasteiger partial charge in [0.2, 0.25) is 0 Å². The van der Waals surface area contributed by atoms with E-state index >= 15 is 0 Å². The molecular weight excluding hydrogens is 284 g/mol. The van der Waals surface area contributed by atoms with Crippen LogP contribution in [-0.2, 0) is 23.6 Å². The molecule has 6 nitrogen and oxygen atoms in total. The molecule has 0 spiro atoms. The number of rotatable bonds is 16. The first kappa shape index (κ1) is 20.1. The lowest BCUT2D eigenvalue weighted by molar-refractivity contribution is -0.432. The van der Waals surface area contributed by atoms with E-state index in [-0.39, 0.29) is 5.94 Å². The first-order valence-electron chi connectivity index (χ1n) is 7.18. The third kappa shape index (κ3) is 14.5. The SMILES string of the molecule is CCCCC(CC)COCCOCCOCSOOO. The van der Waals surface area contributed by atoms with E-state index < -0.39 is 0 Å². The minimum absolute atomic E-state index is 0.274. The molecule has 0 bridgehead atoms. The van der Waals surface area contributed by atoms with Crippen molar-refractivity contribution < 1.29 is 28.8 Å². The van der Waals surface area contributed by atoms with Crippen molar-refractivity contribution in [1.82, 2.24) is 0 Å². The predicted molar refractivity (Wildman–Crippen MR) is 78.2 cm³/mol. The molecule has 0 aliphatic heterocycles. The van der Waals surface area contributed by atoms with Gasteiger partial charge in [0.15, 0.2) is 0 Å². The van der Waals surface area contributed by atoms with E-state index in [0.29, 0.717) is 32.3 Å². The van der Waals surface area contributed by atoms with Crippen molar-refractivity contribution in [3.05, 3.63) is 0 Å². The van der Waals surface area contributed by atoms with Crippen molar-refractivity contribution in [2.75, 3.05) is 39.0 Å². The Kier molecular flexibility index (Phi) is 17.3. The highest BCUT2D eigenvalue weighted by Crippen LogP contribution is 2.12. The van der Waals surface area contributed by atoms with Crippen molar-refractivity contribution in [1.29, 1.82) is 0 Å². The molecule has 7 heteroatoms. The summed E-state index contributed by atoms with van der Waals surface area (Å²) in [5, 5.41) is 11.3. The Morgan fingerprint density at radius 3 is 2.35 bits per heavy atom. The molecule has 0 aliphatic carbocycles. The van der Waals surface area contributed by atoms with Crippen LogP contribution >= 0.6 is 12.0 Å². The Bertz CT molecular complexity index is 184. The maximum Gasteiger partial charge on any atom is 0.121 e. The van der Waals surface area contributed by atoms with Crippen LogP contribution in [0.2, 0.25) is 0 Å². The lowest BCUT2D eigenvalue weighted by atomic mass is 10.0. The minimum atomic E-state index is 0.274. The van der Waals surface area contributed by atoms with Gasteiger partial charge in [0, 0.05) is 6.61 Å². The minimum Gasteiger partial charge on any atom is -0.379 e. The van der Waals surface area contributed by atoms with Crippen molar-refractivity contribution in [2.45, 2.75) is 39.5 Å². The average molecular weight is 312 g/mol. The molecule has 0 saturated carbocycles. The molecule has 0 aromatic rings. The molecule has 1 unspecified atom stereocenters. The summed E-state index contributed by atoms with van der Waals surface area (Å²) in [6, 6.07) is 0. The summed E-state index contributed by atoms with van der Waals surface area (Å²) >= 11 is 0.863. The van der Waals surface area contributed by atoms with Gasteiger partial charge in [-0.15, -0.1) is 4.33 Å². The summed E-state index contributed by atoms with van der Waals surface area (Å²) in [6.07, 6.45) is 4.94. The first-order valence-corrected chi connectivity index (χ1v) is 8.09. The molecule has 0 radical (unpaired) electrons. The van der Waals surface area contributed by atoms with E-state index in [1.165, 1.54) is 25.7 Å². The number of hydrogen-bond acceptors (Lipinski definition) is 7. The van der Waals surface area contributed by atoms with Crippen LogP contribution in [-0.4, -0.2) is 44.2 Å². The van der Waals surface area contributed by atoms with Crippen LogP contribution in [0.25, 0.3) is 0 Å². The molecule has 1 atom stereocenters. The highest BCUT2D eigenvalue weighted by Gasteiger charge is 2.05. The Morgan fingerprint density at radius 2 is 1.70 bits per heavy atom. The molecule has 0 fully saturated rings. The summed E-state index contributed by atoms with van der Waals surface area (Å²) in [7, 11) is 0. The third-order valence-corrected chi connectivity index (χ3v) is 3.27. The van der Waals surface area contributed by atoms with Crippen molar-refractivity contribution in [2.24, 2.45) is 5.92 Å². The van der Waals surface area contributed by atoms with Gasteiger partial charge in [0.1, 0.15) is 5.94 Å². The van der Waals surface area contributed by atoms with Crippen LogP contribution in [0.1, 0.15) is 39.5 Å². The summed E-state index contributed by atoms with van der Waals surface area (Å²) in [4.78, 5) is 0. The van der Waals surface area contributed by atoms with Crippen LogP contribution in [0.15, 0.2) is 0 Å². The molecule has 0 amide bonds. The standard InChI is InChI=1S/C13H28O6S/c1-3-5-6-13(4-2)11-16-9-7-15-8-10-17-12-20-19-18-14/h13-14H,3-12H2,1-2H3. The highest BCUT2D eigenvalue weighted by atomic mass is 32.2. The lowest BCUT2D eigenvalue weighted by Gasteiger charge is -2.14. The average Bonchev–Trinajstić information content (AvgIpc) is 2.48. The summed E-state index contributed by atoms with van der Waals surface area (Å²) < 4.78 is 20.2. The number of unbranched alkanes of at least 4 members (excludes halogenated alkanes) is 1. The topological polar surface area (TPSA) is 66.4 Å². The molecule has 1 N–H and O–H groups in total. The van der Waals surface area contributed by atoms with Gasteiger partial charge in [-0.25, -0.2) is 5.26 Å². The van der Waals surface area contributed by atoms with Gasteiger partial charge in [-0.2, -0.15) is 0 Å². The van der Waals surface area contributed by atoms with Gasteiger partial charge in [-0.05, 0) is 12.3 Å². The van der Waals surface area contributed by atoms with E-state index in [0.717, 1.165) is 18.6 Å². The maximum atomic E-state index is 7.86. The van der Waals surface area contributed by atoms with Crippen LogP contribution in [0.4, 0.5) is 0 Å². The molecule has 0 aromatic heterocycles. The Hall–Kier alpha value is 0.110. The molecule has 20 heavy (non-hydrogen) atoms. The van der Waals surface area contributed by atoms with Crippen molar-refractivity contribution in [3.63, 3.8) is 0 Å². The fraction of sp³-hybridized carbons (Fsp3) is 1.00. The second kappa shape index (κ2) is 17.2. The van der Waals surface area contributed by atoms with E-state index in [9.17, 15) is 0 Å². The van der Waals surface area contributed by atoms with E-state index in [2.05, 4.69) is 23.2 Å². The molecule has 0 aliphatic rings. The molecule has 0 rings (SSSR count). The zero-order chi connectivity index (χ0) is 14.9. The summed E-state index contributed by atoms with van der Waals surface area (Å²) in [6.45, 7) is 7.43. The molecule has 0 aromatic carbocycles. The monoisotopic (exact) mass is 312 g/mol. The van der Waals surface area contributed by atoms with Crippen molar-refractivity contribution >= 4 is 12.0 Å². The third-order valence-electron chi connectivity index (χ3n) is 2.85. The maximum absolute atomic E-state index is 7.86. The highest BCUT2D eigenvalue weighted by molar-refractivity contribution is 7.94. The van der Waals surface area contributed by atoms with E-state index in [4.69, 9.17) is 19.5 Å². The Labute approximate surface area is 126 Å². The van der Waals surface area contributed by atoms with Gasteiger partial charge < -0.3 is 14.2 Å². The number of ether oxygens (including phenoxy) is 3. The van der Waals surface area contributed by atoms with Crippen LogP contribution in [0, 0.1) is 5.92 Å². The van der Waals surface area contributed by atoms with E-state index in [1.807, 2.05) is 0 Å². The van der Waals surface area contributed by atoms with E-state index in [1.54, 1.807) is 0 Å². The number of hydrogen-bond donors (Lipinski definition) is 1. The van der Waals surface area contributed by atoms with Gasteiger partial charge in [0.25, 0.3) is 0 Å². The zero-order valence-electron chi connectivity index (χ0n) is 12.5. The molecule has 0 heterocycles. The van der Waals surface area contributed by atoms with Gasteiger partial charge in [0.05, 0.1) is 38.5 Å². The normalized spacial score (nSPS) is 12.8. The van der Waals surface area contributed by atoms with Gasteiger partial charge >= 0.3 is 0 Å². The van der Waals surface area contributed by atoms with Gasteiger partial charge in [-0.3, -0.25) is 0 Å². The largest absolute Gasteiger partial charge is 0.379 e. The molecular formula is C13H28O6S. The summed E-state index contributed by atoms with van der Waals surface area (Å²) in [5.41, 5.74) is 0. The smallest absolute Gasteiger partial charge is 0.121 e. The lowest BCUT2D eigenvalue weighted by Crippen LogP contribution is -2.13. The van der Waals surface area contributed by atoms with Gasteiger partial charge in [-0.1, -0.05) is 38.1 Å². The van der Waals surface area contributed by atoms with Crippen LogP contribution in [0.3, 0.4) is 0 Å². The predicted octanol–water partition coefficient (Wildman–Crippen LogP) is 3.28. The Balaban J connectivity index is 3.15. The summed E-state index contributed by atoms with van der Waals surface area (Å²) in [5.74, 6) is 0.944. The van der Waals surface area contributed by atoms with Crippen LogP contribution in [0.5, 0.6) is 0 Å².